The summed E-state index contributed by atoms with van der Waals surface area (Å²) in [4.78, 5) is 25.2. The molecule has 0 saturated carbocycles. The summed E-state index contributed by atoms with van der Waals surface area (Å²) in [6.07, 6.45) is 3.42. The van der Waals surface area contributed by atoms with Gasteiger partial charge >= 0.3 is 0 Å². The first-order valence-electron chi connectivity index (χ1n) is 9.51. The number of hydrogen-bond acceptors (Lipinski definition) is 6. The number of pyridine rings is 1. The highest BCUT2D eigenvalue weighted by Gasteiger charge is 2.20. The molecule has 0 N–H and O–H groups in total. The molecule has 3 aromatic rings. The van der Waals surface area contributed by atoms with Crippen LogP contribution in [0.5, 0.6) is 11.6 Å². The maximum absolute atomic E-state index is 12.0. The molecule has 0 spiro atoms. The van der Waals surface area contributed by atoms with E-state index in [1.54, 1.807) is 37.3 Å². The van der Waals surface area contributed by atoms with Crippen molar-refractivity contribution in [2.45, 2.75) is 26.7 Å². The molecule has 0 radical (unpaired) electrons. The Kier molecular flexibility index (Phi) is 6.00. The van der Waals surface area contributed by atoms with Crippen LogP contribution in [0.2, 0.25) is 0 Å². The summed E-state index contributed by atoms with van der Waals surface area (Å²) in [7, 11) is 5.16. The highest BCUT2D eigenvalue weighted by atomic mass is 16.5. The molecule has 0 amide bonds. The number of rotatable bonds is 7. The van der Waals surface area contributed by atoms with Gasteiger partial charge < -0.3 is 9.47 Å². The van der Waals surface area contributed by atoms with Gasteiger partial charge in [0.1, 0.15) is 11.6 Å². The average Bonchev–Trinajstić information content (AvgIpc) is 2.98. The van der Waals surface area contributed by atoms with Gasteiger partial charge in [-0.1, -0.05) is 13.8 Å². The van der Waals surface area contributed by atoms with Crippen LogP contribution in [0.4, 0.5) is 0 Å². The lowest BCUT2D eigenvalue weighted by Crippen LogP contribution is -2.18. The van der Waals surface area contributed by atoms with Crippen molar-refractivity contribution in [3.63, 3.8) is 0 Å². The molecule has 0 aromatic carbocycles. The van der Waals surface area contributed by atoms with Crippen molar-refractivity contribution in [3.05, 3.63) is 52.5 Å². The third kappa shape index (κ3) is 4.31. The van der Waals surface area contributed by atoms with Crippen LogP contribution in [-0.2, 0) is 14.1 Å². The summed E-state index contributed by atoms with van der Waals surface area (Å²) < 4.78 is 14.6. The second kappa shape index (κ2) is 8.46. The van der Waals surface area contributed by atoms with Crippen molar-refractivity contribution in [2.75, 3.05) is 13.7 Å². The smallest absolute Gasteiger partial charge is 0.266 e. The van der Waals surface area contributed by atoms with Crippen molar-refractivity contribution >= 4 is 0 Å². The van der Waals surface area contributed by atoms with E-state index in [0.29, 0.717) is 29.6 Å². The standard InChI is InChI=1S/C21H27N5O3/c1-13(14(2)18-8-7-16(28-6)10-23-18)12-29-21-17(11-22-15(3)24-21)19-9-20(27)26(5)25(19)4/h7-11,13-14H,12H2,1-6H3/t13-,14+/m1/s1. The Balaban J connectivity index is 1.80. The van der Waals surface area contributed by atoms with Gasteiger partial charge in [0.05, 0.1) is 31.2 Å². The average molecular weight is 397 g/mol. The van der Waals surface area contributed by atoms with E-state index < -0.39 is 0 Å². The SMILES string of the molecule is COc1ccc([C@@H](C)[C@H](C)COc2nc(C)ncc2-c2cc(=O)n(C)n2C)nc1. The largest absolute Gasteiger partial charge is 0.495 e. The van der Waals surface area contributed by atoms with Crippen molar-refractivity contribution in [1.29, 1.82) is 0 Å². The van der Waals surface area contributed by atoms with Crippen LogP contribution >= 0.6 is 0 Å². The Morgan fingerprint density at radius 2 is 1.86 bits per heavy atom. The van der Waals surface area contributed by atoms with Crippen LogP contribution < -0.4 is 15.0 Å². The summed E-state index contributed by atoms with van der Waals surface area (Å²) >= 11 is 0. The Morgan fingerprint density at radius 3 is 2.45 bits per heavy atom. The van der Waals surface area contributed by atoms with Crippen LogP contribution in [0.1, 0.15) is 31.3 Å². The fourth-order valence-electron chi connectivity index (χ4n) is 3.03. The second-order valence-corrected chi connectivity index (χ2v) is 7.25. The molecule has 8 heteroatoms. The zero-order valence-electron chi connectivity index (χ0n) is 17.7. The third-order valence-corrected chi connectivity index (χ3v) is 5.33. The molecule has 0 aliphatic carbocycles. The van der Waals surface area contributed by atoms with Crippen LogP contribution in [-0.4, -0.2) is 38.0 Å². The molecule has 0 bridgehead atoms. The Labute approximate surface area is 170 Å². The van der Waals surface area contributed by atoms with Crippen LogP contribution in [0.3, 0.4) is 0 Å². The Hall–Kier alpha value is -3.16. The Bertz CT molecular complexity index is 1040. The van der Waals surface area contributed by atoms with Gasteiger partial charge in [0.2, 0.25) is 5.88 Å². The van der Waals surface area contributed by atoms with Crippen LogP contribution in [0, 0.1) is 12.8 Å². The minimum atomic E-state index is -0.0957. The number of ether oxygens (including phenoxy) is 2. The van der Waals surface area contributed by atoms with Gasteiger partial charge in [-0.05, 0) is 25.0 Å². The van der Waals surface area contributed by atoms with Crippen LogP contribution in [0.15, 0.2) is 35.4 Å². The quantitative estimate of drug-likeness (QED) is 0.609. The predicted octanol–water partition coefficient (Wildman–Crippen LogP) is 2.71. The molecule has 29 heavy (non-hydrogen) atoms. The molecule has 3 heterocycles. The first-order chi connectivity index (χ1) is 13.8. The fraction of sp³-hybridized carbons (Fsp3) is 0.429. The van der Waals surface area contributed by atoms with Crippen molar-refractivity contribution in [2.24, 2.45) is 20.0 Å². The summed E-state index contributed by atoms with van der Waals surface area (Å²) in [6, 6.07) is 5.45. The van der Waals surface area contributed by atoms with Gasteiger partial charge in [-0.25, -0.2) is 4.98 Å². The number of aryl methyl sites for hydroxylation is 1. The topological polar surface area (TPSA) is 84.1 Å². The first-order valence-corrected chi connectivity index (χ1v) is 9.51. The van der Waals surface area contributed by atoms with Crippen LogP contribution in [0.25, 0.3) is 11.3 Å². The van der Waals surface area contributed by atoms with E-state index in [1.807, 2.05) is 26.1 Å². The Morgan fingerprint density at radius 1 is 1.10 bits per heavy atom. The van der Waals surface area contributed by atoms with E-state index in [1.165, 1.54) is 4.68 Å². The summed E-state index contributed by atoms with van der Waals surface area (Å²) in [5.74, 6) is 2.20. The molecule has 154 valence electrons. The molecule has 2 atom stereocenters. The van der Waals surface area contributed by atoms with E-state index in [-0.39, 0.29) is 17.4 Å². The van der Waals surface area contributed by atoms with Gasteiger partial charge in [0, 0.05) is 38.0 Å². The van der Waals surface area contributed by atoms with Gasteiger partial charge in [-0.15, -0.1) is 0 Å². The van der Waals surface area contributed by atoms with Crippen molar-refractivity contribution in [1.82, 2.24) is 24.3 Å². The highest BCUT2D eigenvalue weighted by molar-refractivity contribution is 5.64. The molecular formula is C21H27N5O3. The van der Waals surface area contributed by atoms with Gasteiger partial charge in [-0.3, -0.25) is 19.1 Å². The lowest BCUT2D eigenvalue weighted by molar-refractivity contribution is 0.232. The monoisotopic (exact) mass is 397 g/mol. The number of nitrogens with zero attached hydrogens (tertiary/aromatic N) is 5. The maximum atomic E-state index is 12.0. The molecule has 3 aromatic heterocycles. The molecule has 0 aliphatic rings. The highest BCUT2D eigenvalue weighted by Crippen LogP contribution is 2.29. The van der Waals surface area contributed by atoms with Gasteiger partial charge in [-0.2, -0.15) is 4.98 Å². The van der Waals surface area contributed by atoms with Crippen molar-refractivity contribution < 1.29 is 9.47 Å². The predicted molar refractivity (Wildman–Crippen MR) is 110 cm³/mol. The third-order valence-electron chi connectivity index (χ3n) is 5.33. The van der Waals surface area contributed by atoms with E-state index >= 15 is 0 Å². The number of hydrogen-bond donors (Lipinski definition) is 0. The summed E-state index contributed by atoms with van der Waals surface area (Å²) in [5, 5.41) is 0. The van der Waals surface area contributed by atoms with Crippen molar-refractivity contribution in [3.8, 4) is 22.9 Å². The fourth-order valence-corrected chi connectivity index (χ4v) is 3.03. The maximum Gasteiger partial charge on any atom is 0.266 e. The summed E-state index contributed by atoms with van der Waals surface area (Å²) in [6.45, 7) is 6.51. The normalized spacial score (nSPS) is 13.2. The van der Waals surface area contributed by atoms with Gasteiger partial charge in [0.25, 0.3) is 5.56 Å². The van der Waals surface area contributed by atoms with E-state index in [2.05, 4.69) is 28.8 Å². The van der Waals surface area contributed by atoms with E-state index in [4.69, 9.17) is 9.47 Å². The first kappa shape index (κ1) is 20.6. The molecule has 3 rings (SSSR count). The second-order valence-electron chi connectivity index (χ2n) is 7.25. The minimum absolute atomic E-state index is 0.0957. The molecule has 0 unspecified atom stereocenters. The summed E-state index contributed by atoms with van der Waals surface area (Å²) in [5.41, 5.74) is 2.29. The number of aromatic nitrogens is 5. The molecule has 0 fully saturated rings. The minimum Gasteiger partial charge on any atom is -0.495 e. The zero-order chi connectivity index (χ0) is 21.1. The van der Waals surface area contributed by atoms with E-state index in [0.717, 1.165) is 11.4 Å². The number of methoxy groups -OCH3 is 1. The van der Waals surface area contributed by atoms with E-state index in [9.17, 15) is 4.79 Å². The lowest BCUT2D eigenvalue weighted by atomic mass is 9.93. The zero-order valence-corrected chi connectivity index (χ0v) is 17.7. The molecule has 0 aliphatic heterocycles. The molecule has 8 nitrogen and oxygen atoms in total. The van der Waals surface area contributed by atoms with Gasteiger partial charge in [0.15, 0.2) is 0 Å². The molecular weight excluding hydrogens is 370 g/mol. The molecule has 0 saturated heterocycles. The lowest BCUT2D eigenvalue weighted by Gasteiger charge is -2.20.